The van der Waals surface area contributed by atoms with E-state index in [0.717, 1.165) is 4.58 Å². The zero-order chi connectivity index (χ0) is 9.36. The van der Waals surface area contributed by atoms with Crippen LogP contribution in [0.4, 0.5) is 0 Å². The molecular weight excluding hydrogens is 216 g/mol. The van der Waals surface area contributed by atoms with E-state index in [1.165, 1.54) is 48.7 Å². The van der Waals surface area contributed by atoms with Gasteiger partial charge in [0.2, 0.25) is 0 Å². The standard InChI is InChI=1S/C10H20S3/c1-2-3-6-11-9-5-10-12-7-4-8-13-10/h10H,2-9H2,1H3. The van der Waals surface area contributed by atoms with Crippen LogP contribution in [0.2, 0.25) is 0 Å². The number of hydrogen-bond donors (Lipinski definition) is 0. The van der Waals surface area contributed by atoms with Gasteiger partial charge in [0.1, 0.15) is 0 Å². The van der Waals surface area contributed by atoms with Crippen LogP contribution >= 0.6 is 35.3 Å². The summed E-state index contributed by atoms with van der Waals surface area (Å²) < 4.78 is 0.919. The van der Waals surface area contributed by atoms with Crippen LogP contribution in [0.5, 0.6) is 0 Å². The molecular formula is C10H20S3. The van der Waals surface area contributed by atoms with Crippen molar-refractivity contribution in [3.63, 3.8) is 0 Å². The summed E-state index contributed by atoms with van der Waals surface area (Å²) in [6.45, 7) is 2.27. The summed E-state index contributed by atoms with van der Waals surface area (Å²) in [6.07, 6.45) is 5.59. The van der Waals surface area contributed by atoms with Gasteiger partial charge in [-0.2, -0.15) is 11.8 Å². The Kier molecular flexibility index (Phi) is 7.80. The zero-order valence-corrected chi connectivity index (χ0v) is 10.9. The topological polar surface area (TPSA) is 0 Å². The van der Waals surface area contributed by atoms with E-state index in [0.29, 0.717) is 0 Å². The van der Waals surface area contributed by atoms with Crippen molar-refractivity contribution in [1.82, 2.24) is 0 Å². The third kappa shape index (κ3) is 6.19. The quantitative estimate of drug-likeness (QED) is 0.637. The first-order valence-electron chi connectivity index (χ1n) is 5.24. The molecule has 1 heterocycles. The Labute approximate surface area is 95.4 Å². The lowest BCUT2D eigenvalue weighted by Crippen LogP contribution is -2.07. The molecule has 0 aromatic carbocycles. The van der Waals surface area contributed by atoms with Crippen LogP contribution in [0.3, 0.4) is 0 Å². The van der Waals surface area contributed by atoms with E-state index >= 15 is 0 Å². The van der Waals surface area contributed by atoms with Crippen LogP contribution < -0.4 is 0 Å². The first-order valence-corrected chi connectivity index (χ1v) is 8.49. The summed E-state index contributed by atoms with van der Waals surface area (Å²) in [7, 11) is 0. The second-order valence-corrected chi connectivity index (χ2v) is 7.42. The molecule has 0 saturated carbocycles. The minimum absolute atomic E-state index is 0.919. The molecule has 0 aromatic rings. The summed E-state index contributed by atoms with van der Waals surface area (Å²) >= 11 is 6.50. The largest absolute Gasteiger partial charge is 0.162 e. The van der Waals surface area contributed by atoms with Gasteiger partial charge in [-0.05, 0) is 42.3 Å². The Hall–Kier alpha value is 1.05. The van der Waals surface area contributed by atoms with Crippen molar-refractivity contribution in [2.45, 2.75) is 37.2 Å². The second kappa shape index (κ2) is 8.37. The first kappa shape index (κ1) is 12.1. The van der Waals surface area contributed by atoms with Gasteiger partial charge in [-0.3, -0.25) is 0 Å². The fraction of sp³-hybridized carbons (Fsp3) is 1.00. The summed E-state index contributed by atoms with van der Waals surface area (Å²) in [5.41, 5.74) is 0. The lowest BCUT2D eigenvalue weighted by molar-refractivity contribution is 0.894. The van der Waals surface area contributed by atoms with Gasteiger partial charge in [0, 0.05) is 0 Å². The summed E-state index contributed by atoms with van der Waals surface area (Å²) in [5.74, 6) is 5.55. The van der Waals surface area contributed by atoms with E-state index in [4.69, 9.17) is 0 Å². The molecule has 1 fully saturated rings. The maximum absolute atomic E-state index is 2.27. The van der Waals surface area contributed by atoms with E-state index in [1.54, 1.807) is 0 Å². The van der Waals surface area contributed by atoms with Gasteiger partial charge >= 0.3 is 0 Å². The Morgan fingerprint density at radius 3 is 2.69 bits per heavy atom. The van der Waals surface area contributed by atoms with Crippen LogP contribution in [0.15, 0.2) is 0 Å². The van der Waals surface area contributed by atoms with Crippen molar-refractivity contribution in [1.29, 1.82) is 0 Å². The highest BCUT2D eigenvalue weighted by atomic mass is 32.2. The molecule has 0 radical (unpaired) electrons. The minimum Gasteiger partial charge on any atom is -0.162 e. The van der Waals surface area contributed by atoms with Crippen LogP contribution in [0.25, 0.3) is 0 Å². The average molecular weight is 236 g/mol. The highest BCUT2D eigenvalue weighted by molar-refractivity contribution is 8.17. The maximum Gasteiger partial charge on any atom is 0.0510 e. The Balaban J connectivity index is 1.86. The summed E-state index contributed by atoms with van der Waals surface area (Å²) in [4.78, 5) is 0. The highest BCUT2D eigenvalue weighted by Gasteiger charge is 2.13. The van der Waals surface area contributed by atoms with E-state index in [2.05, 4.69) is 42.2 Å². The fourth-order valence-electron chi connectivity index (χ4n) is 1.23. The van der Waals surface area contributed by atoms with Gasteiger partial charge in [0.15, 0.2) is 0 Å². The normalized spacial score (nSPS) is 19.2. The molecule has 0 unspecified atom stereocenters. The van der Waals surface area contributed by atoms with E-state index in [-0.39, 0.29) is 0 Å². The lowest BCUT2D eigenvalue weighted by atomic mass is 10.4. The summed E-state index contributed by atoms with van der Waals surface area (Å²) in [6, 6.07) is 0. The van der Waals surface area contributed by atoms with Gasteiger partial charge in [0.25, 0.3) is 0 Å². The van der Waals surface area contributed by atoms with E-state index in [9.17, 15) is 0 Å². The minimum atomic E-state index is 0.919. The van der Waals surface area contributed by atoms with Crippen molar-refractivity contribution in [2.24, 2.45) is 0 Å². The fourth-order valence-corrected chi connectivity index (χ4v) is 5.49. The molecule has 1 saturated heterocycles. The highest BCUT2D eigenvalue weighted by Crippen LogP contribution is 2.33. The number of unbranched alkanes of at least 4 members (excludes halogenated alkanes) is 1. The Morgan fingerprint density at radius 1 is 1.23 bits per heavy atom. The average Bonchev–Trinajstić information content (AvgIpc) is 2.19. The van der Waals surface area contributed by atoms with Crippen LogP contribution in [-0.2, 0) is 0 Å². The van der Waals surface area contributed by atoms with Crippen molar-refractivity contribution in [3.05, 3.63) is 0 Å². The van der Waals surface area contributed by atoms with Gasteiger partial charge in [0.05, 0.1) is 4.58 Å². The van der Waals surface area contributed by atoms with Crippen LogP contribution in [0, 0.1) is 0 Å². The van der Waals surface area contributed by atoms with Crippen molar-refractivity contribution < 1.29 is 0 Å². The Bertz CT molecular complexity index is 111. The molecule has 1 aliphatic heterocycles. The lowest BCUT2D eigenvalue weighted by Gasteiger charge is -2.20. The van der Waals surface area contributed by atoms with Gasteiger partial charge < -0.3 is 0 Å². The Morgan fingerprint density at radius 2 is 2.00 bits per heavy atom. The van der Waals surface area contributed by atoms with Gasteiger partial charge in [-0.25, -0.2) is 0 Å². The molecule has 1 aliphatic rings. The molecule has 78 valence electrons. The molecule has 1 rings (SSSR count). The first-order chi connectivity index (χ1) is 6.43. The second-order valence-electron chi connectivity index (χ2n) is 3.28. The van der Waals surface area contributed by atoms with Crippen molar-refractivity contribution >= 4 is 35.3 Å². The van der Waals surface area contributed by atoms with Crippen LogP contribution in [-0.4, -0.2) is 27.6 Å². The van der Waals surface area contributed by atoms with Gasteiger partial charge in [-0.1, -0.05) is 13.3 Å². The zero-order valence-electron chi connectivity index (χ0n) is 8.46. The smallest absolute Gasteiger partial charge is 0.0510 e. The molecule has 0 bridgehead atoms. The molecule has 0 N–H and O–H groups in total. The molecule has 0 nitrogen and oxygen atoms in total. The van der Waals surface area contributed by atoms with Crippen molar-refractivity contribution in [2.75, 3.05) is 23.0 Å². The van der Waals surface area contributed by atoms with E-state index in [1.807, 2.05) is 0 Å². The van der Waals surface area contributed by atoms with E-state index < -0.39 is 0 Å². The number of hydrogen-bond acceptors (Lipinski definition) is 3. The summed E-state index contributed by atoms with van der Waals surface area (Å²) in [5, 5.41) is 0. The molecule has 0 aromatic heterocycles. The van der Waals surface area contributed by atoms with Gasteiger partial charge in [-0.15, -0.1) is 23.5 Å². The molecule has 0 spiro atoms. The number of rotatable bonds is 6. The van der Waals surface area contributed by atoms with Crippen molar-refractivity contribution in [3.8, 4) is 0 Å². The van der Waals surface area contributed by atoms with Crippen LogP contribution in [0.1, 0.15) is 32.6 Å². The molecule has 0 atom stereocenters. The molecule has 13 heavy (non-hydrogen) atoms. The predicted octanol–water partition coefficient (Wildman–Crippen LogP) is 4.11. The maximum atomic E-state index is 2.27. The monoisotopic (exact) mass is 236 g/mol. The SMILES string of the molecule is CCCCSCCC1SCCCS1. The molecule has 3 heteroatoms. The number of thioether (sulfide) groups is 3. The molecule has 0 aliphatic carbocycles. The molecule has 0 amide bonds. The third-order valence-electron chi connectivity index (χ3n) is 2.04. The predicted molar refractivity (Wildman–Crippen MR) is 70.2 cm³/mol. The third-order valence-corrected chi connectivity index (χ3v) is 6.22.